The number of carbonyl (C=O) groups excluding carboxylic acids is 1. The first-order valence-electron chi connectivity index (χ1n) is 11.0. The van der Waals surface area contributed by atoms with Gasteiger partial charge in [0.05, 0.1) is 22.7 Å². The third-order valence-corrected chi connectivity index (χ3v) is 6.42. The molecule has 0 spiro atoms. The summed E-state index contributed by atoms with van der Waals surface area (Å²) in [5.41, 5.74) is 9.37. The van der Waals surface area contributed by atoms with Crippen molar-refractivity contribution in [1.82, 2.24) is 15.0 Å². The van der Waals surface area contributed by atoms with Crippen LogP contribution in [-0.2, 0) is 10.2 Å². The summed E-state index contributed by atoms with van der Waals surface area (Å²) in [5, 5.41) is 0.213. The number of primary amides is 1. The first-order valence-corrected chi connectivity index (χ1v) is 11.0. The molecule has 7 nitrogen and oxygen atoms in total. The summed E-state index contributed by atoms with van der Waals surface area (Å²) in [6, 6.07) is 5.40. The normalized spacial score (nSPS) is 19.2. The van der Waals surface area contributed by atoms with Crippen LogP contribution in [-0.4, -0.2) is 34.1 Å². The molecule has 1 fully saturated rings. The van der Waals surface area contributed by atoms with Crippen LogP contribution >= 0.6 is 0 Å². The molecule has 3 heterocycles. The van der Waals surface area contributed by atoms with Gasteiger partial charge in [-0.2, -0.15) is 0 Å². The molecule has 0 unspecified atom stereocenters. The summed E-state index contributed by atoms with van der Waals surface area (Å²) in [6.07, 6.45) is 7.71. The summed E-state index contributed by atoms with van der Waals surface area (Å²) in [7, 11) is 1.77. The molecule has 0 saturated heterocycles. The zero-order valence-electron chi connectivity index (χ0n) is 19.1. The largest absolute Gasteiger partial charge is 0.381 e. The Balaban J connectivity index is 1.87. The number of hydrogen-bond donors (Lipinski definition) is 2. The molecule has 0 atom stereocenters. The van der Waals surface area contributed by atoms with E-state index in [0.717, 1.165) is 36.9 Å². The third-order valence-electron chi connectivity index (χ3n) is 6.42. The Kier molecular flexibility index (Phi) is 5.86. The highest BCUT2D eigenvalue weighted by Gasteiger charge is 2.27. The number of aromatic nitrogens is 3. The molecular weight excluding hydrogens is 404 g/mol. The fraction of sp³-hybridized carbons (Fsp3) is 0.440. The second-order valence-electron chi connectivity index (χ2n) is 9.61. The Hall–Kier alpha value is -3.06. The van der Waals surface area contributed by atoms with Gasteiger partial charge in [-0.15, -0.1) is 0 Å². The number of pyridine rings is 3. The van der Waals surface area contributed by atoms with E-state index >= 15 is 0 Å². The maximum atomic E-state index is 13.0. The minimum absolute atomic E-state index is 0.0189. The number of H-pyrrole nitrogens is 1. The van der Waals surface area contributed by atoms with Gasteiger partial charge in [-0.25, -0.2) is 0 Å². The van der Waals surface area contributed by atoms with Gasteiger partial charge >= 0.3 is 0 Å². The molecule has 4 rings (SSSR count). The zero-order chi connectivity index (χ0) is 23.0. The number of nitrogens with two attached hydrogens (primary N) is 1. The molecule has 1 saturated carbocycles. The van der Waals surface area contributed by atoms with E-state index in [0.29, 0.717) is 23.2 Å². The maximum Gasteiger partial charge on any atom is 0.268 e. The van der Waals surface area contributed by atoms with Crippen molar-refractivity contribution < 1.29 is 9.53 Å². The van der Waals surface area contributed by atoms with Crippen LogP contribution in [0.25, 0.3) is 22.2 Å². The third kappa shape index (κ3) is 4.17. The Labute approximate surface area is 187 Å². The minimum atomic E-state index is -0.722. The molecule has 7 heteroatoms. The van der Waals surface area contributed by atoms with E-state index in [1.807, 2.05) is 6.20 Å². The van der Waals surface area contributed by atoms with Crippen LogP contribution in [0.4, 0.5) is 0 Å². The summed E-state index contributed by atoms with van der Waals surface area (Å²) in [4.78, 5) is 36.8. The molecule has 3 aromatic rings. The molecular formula is C25H30N4O3. The number of aromatic amines is 1. The Bertz CT molecular complexity index is 1220. The van der Waals surface area contributed by atoms with E-state index in [9.17, 15) is 9.59 Å². The van der Waals surface area contributed by atoms with Gasteiger partial charge in [-0.1, -0.05) is 20.8 Å². The van der Waals surface area contributed by atoms with Gasteiger partial charge in [0.15, 0.2) is 5.43 Å². The van der Waals surface area contributed by atoms with Gasteiger partial charge in [0.25, 0.3) is 5.91 Å². The number of amides is 1. The van der Waals surface area contributed by atoms with Crippen LogP contribution in [0.5, 0.6) is 0 Å². The zero-order valence-corrected chi connectivity index (χ0v) is 19.1. The van der Waals surface area contributed by atoms with E-state index < -0.39 is 5.91 Å². The van der Waals surface area contributed by atoms with Crippen molar-refractivity contribution >= 4 is 16.8 Å². The topological polar surface area (TPSA) is 111 Å². The number of nitrogens with zero attached hydrogens (tertiary/aromatic N) is 2. The van der Waals surface area contributed by atoms with Crippen molar-refractivity contribution in [3.63, 3.8) is 0 Å². The Morgan fingerprint density at radius 3 is 2.50 bits per heavy atom. The molecule has 168 valence electrons. The highest BCUT2D eigenvalue weighted by atomic mass is 16.5. The molecule has 3 N–H and O–H groups in total. The lowest BCUT2D eigenvalue weighted by Crippen LogP contribution is -2.21. The number of ether oxygens (including phenoxy) is 1. The van der Waals surface area contributed by atoms with Crippen LogP contribution in [0.2, 0.25) is 0 Å². The molecule has 0 bridgehead atoms. The summed E-state index contributed by atoms with van der Waals surface area (Å²) in [6.45, 7) is 6.45. The van der Waals surface area contributed by atoms with Crippen molar-refractivity contribution in [3.8, 4) is 11.3 Å². The Morgan fingerprint density at radius 2 is 1.88 bits per heavy atom. The van der Waals surface area contributed by atoms with Crippen molar-refractivity contribution in [1.29, 1.82) is 0 Å². The molecule has 0 aliphatic heterocycles. The molecule has 1 aliphatic carbocycles. The van der Waals surface area contributed by atoms with Gasteiger partial charge in [-0.05, 0) is 49.3 Å². The van der Waals surface area contributed by atoms with Crippen molar-refractivity contribution in [3.05, 3.63) is 57.8 Å². The lowest BCUT2D eigenvalue weighted by molar-refractivity contribution is 0.0659. The molecule has 1 amide bonds. The van der Waals surface area contributed by atoms with Gasteiger partial charge in [0.1, 0.15) is 5.69 Å². The second kappa shape index (κ2) is 8.47. The molecule has 32 heavy (non-hydrogen) atoms. The van der Waals surface area contributed by atoms with Gasteiger partial charge in [0, 0.05) is 42.2 Å². The van der Waals surface area contributed by atoms with E-state index in [-0.39, 0.29) is 21.9 Å². The number of methoxy groups -OCH3 is 1. The first kappa shape index (κ1) is 22.1. The highest BCUT2D eigenvalue weighted by molar-refractivity contribution is 6.03. The maximum absolute atomic E-state index is 13.0. The lowest BCUT2D eigenvalue weighted by atomic mass is 9.79. The van der Waals surface area contributed by atoms with Gasteiger partial charge < -0.3 is 15.5 Å². The lowest BCUT2D eigenvalue weighted by Gasteiger charge is -2.30. The molecule has 3 aromatic heterocycles. The minimum Gasteiger partial charge on any atom is -0.381 e. The predicted molar refractivity (Wildman–Crippen MR) is 125 cm³/mol. The average molecular weight is 435 g/mol. The fourth-order valence-electron chi connectivity index (χ4n) is 4.59. The van der Waals surface area contributed by atoms with Gasteiger partial charge in [0.2, 0.25) is 0 Å². The summed E-state index contributed by atoms with van der Waals surface area (Å²) in [5.74, 6) is -0.362. The molecule has 0 aromatic carbocycles. The van der Waals surface area contributed by atoms with Crippen LogP contribution in [0.1, 0.15) is 74.1 Å². The number of rotatable bonds is 4. The first-order chi connectivity index (χ1) is 15.2. The van der Waals surface area contributed by atoms with Crippen LogP contribution < -0.4 is 11.2 Å². The van der Waals surface area contributed by atoms with Gasteiger partial charge in [-0.3, -0.25) is 19.6 Å². The summed E-state index contributed by atoms with van der Waals surface area (Å²) < 4.78 is 5.56. The van der Waals surface area contributed by atoms with Crippen LogP contribution in [0.3, 0.4) is 0 Å². The Morgan fingerprint density at radius 1 is 1.16 bits per heavy atom. The average Bonchev–Trinajstić information content (AvgIpc) is 2.77. The van der Waals surface area contributed by atoms with Crippen LogP contribution in [0.15, 0.2) is 35.4 Å². The monoisotopic (exact) mass is 434 g/mol. The van der Waals surface area contributed by atoms with E-state index in [1.165, 1.54) is 17.8 Å². The SMILES string of the molecule is CO[C@H]1CC[C@H](c2cc(C(C)(C)C)ncc2-c2cc(=O)c3c(C(N)=O)nccc3[nH]2)CC1. The predicted octanol–water partition coefficient (Wildman–Crippen LogP) is 4.05. The smallest absolute Gasteiger partial charge is 0.268 e. The second-order valence-corrected chi connectivity index (χ2v) is 9.61. The van der Waals surface area contributed by atoms with Crippen LogP contribution in [0, 0.1) is 0 Å². The molecule has 0 radical (unpaired) electrons. The quantitative estimate of drug-likeness (QED) is 0.643. The summed E-state index contributed by atoms with van der Waals surface area (Å²) >= 11 is 0. The number of fused-ring (bicyclic) bond motifs is 1. The highest BCUT2D eigenvalue weighted by Crippen LogP contribution is 2.39. The van der Waals surface area contributed by atoms with E-state index in [4.69, 9.17) is 15.5 Å². The van der Waals surface area contributed by atoms with E-state index in [1.54, 1.807) is 13.2 Å². The van der Waals surface area contributed by atoms with Crippen molar-refractivity contribution in [2.75, 3.05) is 7.11 Å². The number of carbonyl (C=O) groups is 1. The van der Waals surface area contributed by atoms with Crippen molar-refractivity contribution in [2.45, 2.75) is 63.9 Å². The van der Waals surface area contributed by atoms with Crippen molar-refractivity contribution in [2.24, 2.45) is 5.73 Å². The van der Waals surface area contributed by atoms with E-state index in [2.05, 4.69) is 36.8 Å². The molecule has 1 aliphatic rings. The standard InChI is InChI=1S/C25H30N4O3/c1-25(2,3)21-11-16(14-5-7-15(32-4)8-6-14)17(13-28-21)19-12-20(30)22-18(29-19)9-10-27-23(22)24(26)31/h9-15H,5-8H2,1-4H3,(H2,26,31)(H,29,30)/t14-,15-. The fourth-order valence-corrected chi connectivity index (χ4v) is 4.59. The number of nitrogens with one attached hydrogen (secondary N) is 1. The number of hydrogen-bond acceptors (Lipinski definition) is 5.